The van der Waals surface area contributed by atoms with E-state index in [0.717, 1.165) is 36.7 Å². The lowest BCUT2D eigenvalue weighted by Crippen LogP contribution is -2.35. The second-order valence-corrected chi connectivity index (χ2v) is 5.14. The molecule has 3 rings (SSSR count). The first-order valence-corrected chi connectivity index (χ1v) is 6.51. The monoisotopic (exact) mass is 260 g/mol. The zero-order valence-electron chi connectivity index (χ0n) is 10.6. The normalized spacial score (nSPS) is 17.7. The van der Waals surface area contributed by atoms with Crippen LogP contribution in [0.1, 0.15) is 25.7 Å². The van der Waals surface area contributed by atoms with E-state index < -0.39 is 11.4 Å². The maximum Gasteiger partial charge on any atom is 0.311 e. The number of nitrogens with one attached hydrogen (secondary N) is 1. The molecule has 0 atom stereocenters. The van der Waals surface area contributed by atoms with Crippen molar-refractivity contribution in [3.05, 3.63) is 24.6 Å². The molecule has 1 fully saturated rings. The Balaban J connectivity index is 1.82. The predicted molar refractivity (Wildman–Crippen MR) is 71.0 cm³/mol. The third-order valence-corrected chi connectivity index (χ3v) is 3.99. The molecule has 1 aliphatic carbocycles. The van der Waals surface area contributed by atoms with E-state index >= 15 is 0 Å². The second kappa shape index (κ2) is 4.57. The maximum absolute atomic E-state index is 11.5. The molecule has 0 saturated heterocycles. The molecular formula is C14H16N2O3. The molecule has 0 aromatic carbocycles. The van der Waals surface area contributed by atoms with Gasteiger partial charge >= 0.3 is 5.97 Å². The van der Waals surface area contributed by atoms with Gasteiger partial charge in [0.1, 0.15) is 11.4 Å². The number of hydrogen-bond donors (Lipinski definition) is 2. The summed E-state index contributed by atoms with van der Waals surface area (Å²) in [6, 6.07) is 3.63. The van der Waals surface area contributed by atoms with E-state index in [9.17, 15) is 9.90 Å². The van der Waals surface area contributed by atoms with Crippen LogP contribution in [0, 0.1) is 5.41 Å². The Morgan fingerprint density at radius 3 is 2.95 bits per heavy atom. The van der Waals surface area contributed by atoms with Crippen molar-refractivity contribution in [3.8, 4) is 0 Å². The number of pyridine rings is 1. The standard InChI is InChI=1S/C14H16N2O3/c17-13(18)14(5-1-2-6-14)9-16-12-10-4-8-19-11(10)3-7-15-12/h3-4,7-8H,1-2,5-6,9H2,(H,15,16)(H,17,18). The van der Waals surface area contributed by atoms with Gasteiger partial charge in [-0.2, -0.15) is 0 Å². The fourth-order valence-corrected chi connectivity index (χ4v) is 2.81. The number of carboxylic acid groups (broad SMARTS) is 1. The smallest absolute Gasteiger partial charge is 0.311 e. The van der Waals surface area contributed by atoms with E-state index in [2.05, 4.69) is 10.3 Å². The zero-order chi connectivity index (χ0) is 13.3. The zero-order valence-corrected chi connectivity index (χ0v) is 10.6. The molecule has 0 unspecified atom stereocenters. The average molecular weight is 260 g/mol. The van der Waals surface area contributed by atoms with Crippen molar-refractivity contribution in [2.45, 2.75) is 25.7 Å². The number of nitrogens with zero attached hydrogens (tertiary/aromatic N) is 1. The molecule has 2 aromatic heterocycles. The topological polar surface area (TPSA) is 75.4 Å². The summed E-state index contributed by atoms with van der Waals surface area (Å²) in [6.07, 6.45) is 6.71. The highest BCUT2D eigenvalue weighted by Gasteiger charge is 2.41. The van der Waals surface area contributed by atoms with E-state index in [4.69, 9.17) is 4.42 Å². The lowest BCUT2D eigenvalue weighted by molar-refractivity contribution is -0.147. The molecule has 1 aliphatic rings. The van der Waals surface area contributed by atoms with Crippen LogP contribution in [0.4, 0.5) is 5.82 Å². The van der Waals surface area contributed by atoms with Crippen LogP contribution >= 0.6 is 0 Å². The molecule has 0 aliphatic heterocycles. The molecule has 2 N–H and O–H groups in total. The first-order chi connectivity index (χ1) is 9.21. The Bertz CT molecular complexity index is 600. The molecule has 19 heavy (non-hydrogen) atoms. The molecule has 5 heteroatoms. The Morgan fingerprint density at radius 1 is 1.42 bits per heavy atom. The van der Waals surface area contributed by atoms with Gasteiger partial charge in [0.2, 0.25) is 0 Å². The van der Waals surface area contributed by atoms with Gasteiger partial charge in [0, 0.05) is 12.7 Å². The lowest BCUT2D eigenvalue weighted by Gasteiger charge is -2.24. The molecule has 2 aromatic rings. The van der Waals surface area contributed by atoms with Crippen molar-refractivity contribution in [2.75, 3.05) is 11.9 Å². The lowest BCUT2D eigenvalue weighted by atomic mass is 9.86. The summed E-state index contributed by atoms with van der Waals surface area (Å²) >= 11 is 0. The molecule has 100 valence electrons. The van der Waals surface area contributed by atoms with Crippen LogP contribution in [0.15, 0.2) is 29.0 Å². The SMILES string of the molecule is O=C(O)C1(CNc2nccc3occc23)CCCC1. The minimum Gasteiger partial charge on any atom is -0.481 e. The molecule has 2 heterocycles. The number of aromatic nitrogens is 1. The van der Waals surface area contributed by atoms with E-state index in [1.165, 1.54) is 0 Å². The number of carboxylic acids is 1. The minimum atomic E-state index is -0.711. The fraction of sp³-hybridized carbons (Fsp3) is 0.429. The van der Waals surface area contributed by atoms with Crippen LogP contribution in [0.5, 0.6) is 0 Å². The summed E-state index contributed by atoms with van der Waals surface area (Å²) in [7, 11) is 0. The van der Waals surface area contributed by atoms with Gasteiger partial charge in [-0.05, 0) is 25.0 Å². The first kappa shape index (κ1) is 12.0. The van der Waals surface area contributed by atoms with E-state index in [1.54, 1.807) is 18.5 Å². The highest BCUT2D eigenvalue weighted by Crippen LogP contribution is 2.38. The van der Waals surface area contributed by atoms with Crippen molar-refractivity contribution in [1.82, 2.24) is 4.98 Å². The van der Waals surface area contributed by atoms with Gasteiger partial charge < -0.3 is 14.8 Å². The quantitative estimate of drug-likeness (QED) is 0.884. The van der Waals surface area contributed by atoms with Crippen molar-refractivity contribution < 1.29 is 14.3 Å². The third-order valence-electron chi connectivity index (χ3n) is 3.99. The summed E-state index contributed by atoms with van der Waals surface area (Å²) in [6.45, 7) is 0.416. The van der Waals surface area contributed by atoms with E-state index in [1.807, 2.05) is 6.07 Å². The number of fused-ring (bicyclic) bond motifs is 1. The van der Waals surface area contributed by atoms with Gasteiger partial charge in [0.15, 0.2) is 0 Å². The Kier molecular flexibility index (Phi) is 2.89. The average Bonchev–Trinajstić information content (AvgIpc) is 3.06. The molecule has 0 spiro atoms. The van der Waals surface area contributed by atoms with Crippen molar-refractivity contribution in [3.63, 3.8) is 0 Å². The molecule has 0 radical (unpaired) electrons. The number of anilines is 1. The number of rotatable bonds is 4. The molecule has 0 amide bonds. The van der Waals surface area contributed by atoms with Crippen LogP contribution in [0.3, 0.4) is 0 Å². The van der Waals surface area contributed by atoms with Gasteiger partial charge in [-0.3, -0.25) is 4.79 Å². The van der Waals surface area contributed by atoms with Gasteiger partial charge in [-0.1, -0.05) is 12.8 Å². The number of furan rings is 1. The van der Waals surface area contributed by atoms with Crippen LogP contribution in [0.2, 0.25) is 0 Å². The summed E-state index contributed by atoms with van der Waals surface area (Å²) in [4.78, 5) is 15.7. The second-order valence-electron chi connectivity index (χ2n) is 5.14. The van der Waals surface area contributed by atoms with Crippen LogP contribution in [0.25, 0.3) is 11.0 Å². The van der Waals surface area contributed by atoms with Gasteiger partial charge in [0.05, 0.1) is 17.1 Å². The highest BCUT2D eigenvalue weighted by molar-refractivity contribution is 5.88. The molecular weight excluding hydrogens is 244 g/mol. The summed E-state index contributed by atoms with van der Waals surface area (Å²) in [5, 5.41) is 13.5. The summed E-state index contributed by atoms with van der Waals surface area (Å²) < 4.78 is 5.31. The van der Waals surface area contributed by atoms with E-state index in [-0.39, 0.29) is 0 Å². The van der Waals surface area contributed by atoms with E-state index in [0.29, 0.717) is 12.4 Å². The number of aliphatic carboxylic acids is 1. The summed E-state index contributed by atoms with van der Waals surface area (Å²) in [5.74, 6) is -0.0179. The molecule has 5 nitrogen and oxygen atoms in total. The first-order valence-electron chi connectivity index (χ1n) is 6.51. The molecule has 1 saturated carbocycles. The third kappa shape index (κ3) is 2.05. The van der Waals surface area contributed by atoms with Crippen molar-refractivity contribution >= 4 is 22.8 Å². The maximum atomic E-state index is 11.5. The van der Waals surface area contributed by atoms with Crippen molar-refractivity contribution in [1.29, 1.82) is 0 Å². The predicted octanol–water partition coefficient (Wildman–Crippen LogP) is 2.88. The summed E-state index contributed by atoms with van der Waals surface area (Å²) in [5.41, 5.74) is 0.112. The Morgan fingerprint density at radius 2 is 2.21 bits per heavy atom. The minimum absolute atomic E-state index is 0.416. The van der Waals surface area contributed by atoms with Crippen LogP contribution in [-0.4, -0.2) is 22.6 Å². The fourth-order valence-electron chi connectivity index (χ4n) is 2.81. The van der Waals surface area contributed by atoms with Crippen LogP contribution in [-0.2, 0) is 4.79 Å². The Labute approximate surface area is 110 Å². The number of carbonyl (C=O) groups is 1. The van der Waals surface area contributed by atoms with Gasteiger partial charge in [0.25, 0.3) is 0 Å². The van der Waals surface area contributed by atoms with Crippen molar-refractivity contribution in [2.24, 2.45) is 5.41 Å². The highest BCUT2D eigenvalue weighted by atomic mass is 16.4. The largest absolute Gasteiger partial charge is 0.481 e. The van der Waals surface area contributed by atoms with Gasteiger partial charge in [-0.15, -0.1) is 0 Å². The molecule has 0 bridgehead atoms. The number of hydrogen-bond acceptors (Lipinski definition) is 4. The van der Waals surface area contributed by atoms with Crippen LogP contribution < -0.4 is 5.32 Å². The Hall–Kier alpha value is -2.04. The van der Waals surface area contributed by atoms with Gasteiger partial charge in [-0.25, -0.2) is 4.98 Å².